The van der Waals surface area contributed by atoms with Crippen LogP contribution >= 0.6 is 11.8 Å². The molecular formula is C9H15FN2O3S. The van der Waals surface area contributed by atoms with E-state index in [4.69, 9.17) is 4.74 Å². The van der Waals surface area contributed by atoms with E-state index in [1.54, 1.807) is 7.05 Å². The highest BCUT2D eigenvalue weighted by Gasteiger charge is 2.48. The van der Waals surface area contributed by atoms with E-state index >= 15 is 0 Å². The molecule has 2 aliphatic rings. The van der Waals surface area contributed by atoms with Gasteiger partial charge in [-0.2, -0.15) is 0 Å². The number of aliphatic hydroxyl groups excluding tert-OH is 2. The molecule has 16 heavy (non-hydrogen) atoms. The molecule has 0 aromatic heterocycles. The first-order valence-electron chi connectivity index (χ1n) is 5.15. The lowest BCUT2D eigenvalue weighted by atomic mass is 9.96. The number of hydrogen-bond donors (Lipinski definition) is 3. The van der Waals surface area contributed by atoms with Gasteiger partial charge in [0.1, 0.15) is 17.6 Å². The molecular weight excluding hydrogens is 235 g/mol. The molecule has 3 N–H and O–H groups in total. The van der Waals surface area contributed by atoms with Crippen LogP contribution in [-0.4, -0.2) is 58.9 Å². The van der Waals surface area contributed by atoms with E-state index in [0.29, 0.717) is 5.17 Å². The monoisotopic (exact) mass is 250 g/mol. The molecule has 0 aromatic carbocycles. The molecule has 0 amide bonds. The quantitative estimate of drug-likeness (QED) is 0.615. The topological polar surface area (TPSA) is 74.1 Å². The van der Waals surface area contributed by atoms with Gasteiger partial charge in [0.15, 0.2) is 5.17 Å². The van der Waals surface area contributed by atoms with E-state index in [9.17, 15) is 14.6 Å². The Balaban J connectivity index is 2.09. The smallest absolute Gasteiger partial charge is 0.159 e. The van der Waals surface area contributed by atoms with E-state index in [-0.39, 0.29) is 17.9 Å². The molecule has 1 unspecified atom stereocenters. The summed E-state index contributed by atoms with van der Waals surface area (Å²) in [5, 5.41) is 23.3. The molecule has 0 bridgehead atoms. The summed E-state index contributed by atoms with van der Waals surface area (Å²) in [6.07, 6.45) is -2.56. The second kappa shape index (κ2) is 4.87. The van der Waals surface area contributed by atoms with Crippen molar-refractivity contribution in [2.75, 3.05) is 13.7 Å². The number of ether oxygens (including phenoxy) is 1. The van der Waals surface area contributed by atoms with Gasteiger partial charge in [-0.25, -0.2) is 0 Å². The molecule has 2 saturated heterocycles. The largest absolute Gasteiger partial charge is 0.388 e. The third kappa shape index (κ3) is 2.04. The number of aliphatic hydroxyl groups is 2. The number of nitrogens with one attached hydrogen (secondary N) is 1. The van der Waals surface area contributed by atoms with E-state index in [1.807, 2.05) is 0 Å². The minimum Gasteiger partial charge on any atom is -0.388 e. The highest BCUT2D eigenvalue weighted by atomic mass is 32.2. The molecule has 2 rings (SSSR count). The summed E-state index contributed by atoms with van der Waals surface area (Å²) in [6.45, 7) is -0.571. The van der Waals surface area contributed by atoms with Crippen molar-refractivity contribution in [2.24, 2.45) is 4.99 Å². The zero-order valence-electron chi connectivity index (χ0n) is 8.84. The van der Waals surface area contributed by atoms with Crippen LogP contribution in [-0.2, 0) is 4.74 Å². The van der Waals surface area contributed by atoms with Crippen LogP contribution in [0, 0.1) is 0 Å². The summed E-state index contributed by atoms with van der Waals surface area (Å²) >= 11 is 1.35. The lowest BCUT2D eigenvalue weighted by Gasteiger charge is -2.38. The van der Waals surface area contributed by atoms with Crippen molar-refractivity contribution in [3.8, 4) is 0 Å². The Kier molecular flexibility index (Phi) is 3.68. The fraction of sp³-hybridized carbons (Fsp3) is 0.889. The van der Waals surface area contributed by atoms with Crippen LogP contribution in [0.5, 0.6) is 0 Å². The second-order valence-corrected chi connectivity index (χ2v) is 4.91. The number of hydrogen-bond acceptors (Lipinski definition) is 5. The maximum Gasteiger partial charge on any atom is 0.159 e. The Morgan fingerprint density at radius 2 is 2.25 bits per heavy atom. The fourth-order valence-corrected chi connectivity index (χ4v) is 3.04. The first kappa shape index (κ1) is 12.1. The predicted molar refractivity (Wildman–Crippen MR) is 59.1 cm³/mol. The van der Waals surface area contributed by atoms with Crippen molar-refractivity contribution in [1.82, 2.24) is 5.32 Å². The number of amidine groups is 1. The van der Waals surface area contributed by atoms with Gasteiger partial charge in [-0.05, 0) is 0 Å². The van der Waals surface area contributed by atoms with Crippen molar-refractivity contribution in [3.05, 3.63) is 0 Å². The first-order chi connectivity index (χ1) is 7.67. The summed E-state index contributed by atoms with van der Waals surface area (Å²) in [6, 6.07) is -0.380. The van der Waals surface area contributed by atoms with Crippen molar-refractivity contribution in [1.29, 1.82) is 0 Å². The van der Waals surface area contributed by atoms with Crippen molar-refractivity contribution in [2.45, 2.75) is 36.2 Å². The Hall–Kier alpha value is -0.370. The Morgan fingerprint density at radius 1 is 1.50 bits per heavy atom. The van der Waals surface area contributed by atoms with Gasteiger partial charge < -0.3 is 20.3 Å². The Labute approximate surface area is 97.1 Å². The summed E-state index contributed by atoms with van der Waals surface area (Å²) in [5.74, 6) is 0. The minimum absolute atomic E-state index is 0.0978. The first-order valence-corrected chi connectivity index (χ1v) is 6.03. The molecule has 2 heterocycles. The van der Waals surface area contributed by atoms with Crippen LogP contribution in [0.3, 0.4) is 0 Å². The van der Waals surface area contributed by atoms with Crippen LogP contribution in [0.1, 0.15) is 6.42 Å². The molecule has 0 aromatic rings. The molecule has 7 heteroatoms. The van der Waals surface area contributed by atoms with Gasteiger partial charge >= 0.3 is 0 Å². The molecule has 5 atom stereocenters. The SMILES string of the molecule is CN=C1N[C@@H]2[C@@H](O)[C@H](O)C(CCF)O[C@@H]2S1. The van der Waals surface area contributed by atoms with Crippen molar-refractivity contribution < 1.29 is 19.3 Å². The van der Waals surface area contributed by atoms with Gasteiger partial charge in [0.2, 0.25) is 0 Å². The normalized spacial score (nSPS) is 45.5. The summed E-state index contributed by atoms with van der Waals surface area (Å²) in [7, 11) is 1.63. The molecule has 2 aliphatic heterocycles. The van der Waals surface area contributed by atoms with Crippen molar-refractivity contribution in [3.63, 3.8) is 0 Å². The van der Waals surface area contributed by atoms with Gasteiger partial charge in [0.25, 0.3) is 0 Å². The summed E-state index contributed by atoms with van der Waals surface area (Å²) < 4.78 is 17.8. The van der Waals surface area contributed by atoms with E-state index < -0.39 is 25.0 Å². The fourth-order valence-electron chi connectivity index (χ4n) is 1.94. The average molecular weight is 250 g/mol. The maximum atomic E-state index is 12.2. The van der Waals surface area contributed by atoms with Crippen LogP contribution in [0.25, 0.3) is 0 Å². The van der Waals surface area contributed by atoms with Crippen LogP contribution in [0.2, 0.25) is 0 Å². The Bertz CT molecular complexity index is 292. The molecule has 0 radical (unpaired) electrons. The highest BCUT2D eigenvalue weighted by Crippen LogP contribution is 2.34. The van der Waals surface area contributed by atoms with Gasteiger partial charge in [0, 0.05) is 13.5 Å². The third-order valence-electron chi connectivity index (χ3n) is 2.82. The van der Waals surface area contributed by atoms with Crippen LogP contribution in [0.15, 0.2) is 4.99 Å². The zero-order valence-corrected chi connectivity index (χ0v) is 9.65. The van der Waals surface area contributed by atoms with Gasteiger partial charge in [-0.3, -0.25) is 9.38 Å². The maximum absolute atomic E-state index is 12.2. The molecule has 2 fully saturated rings. The zero-order chi connectivity index (χ0) is 11.7. The van der Waals surface area contributed by atoms with E-state index in [2.05, 4.69) is 10.3 Å². The lowest BCUT2D eigenvalue weighted by molar-refractivity contribution is -0.158. The molecule has 0 spiro atoms. The van der Waals surface area contributed by atoms with E-state index in [0.717, 1.165) is 0 Å². The van der Waals surface area contributed by atoms with E-state index in [1.165, 1.54) is 11.8 Å². The standard InChI is InChI=1S/C9H15FN2O3S/c1-11-9-12-5-7(14)6(13)4(2-3-10)15-8(5)16-9/h4-8,13-14H,2-3H2,1H3,(H,11,12)/t4?,5-,6-,7-,8-/m1/s1. The second-order valence-electron chi connectivity index (χ2n) is 3.82. The summed E-state index contributed by atoms with van der Waals surface area (Å²) in [5.41, 5.74) is -0.311. The minimum atomic E-state index is -1.05. The summed E-state index contributed by atoms with van der Waals surface area (Å²) in [4.78, 5) is 3.96. The average Bonchev–Trinajstić information content (AvgIpc) is 2.69. The number of halogens is 1. The molecule has 0 saturated carbocycles. The molecule has 5 nitrogen and oxygen atoms in total. The number of thioether (sulfide) groups is 1. The van der Waals surface area contributed by atoms with Crippen molar-refractivity contribution >= 4 is 16.9 Å². The number of rotatable bonds is 2. The predicted octanol–water partition coefficient (Wildman–Crippen LogP) is -0.517. The Morgan fingerprint density at radius 3 is 2.88 bits per heavy atom. The van der Waals surface area contributed by atoms with Crippen LogP contribution in [0.4, 0.5) is 4.39 Å². The highest BCUT2D eigenvalue weighted by molar-refractivity contribution is 8.14. The van der Waals surface area contributed by atoms with Gasteiger partial charge in [-0.15, -0.1) is 0 Å². The van der Waals surface area contributed by atoms with Gasteiger partial charge in [-0.1, -0.05) is 11.8 Å². The third-order valence-corrected chi connectivity index (χ3v) is 3.98. The molecule has 0 aliphatic carbocycles. The lowest BCUT2D eigenvalue weighted by Crippen LogP contribution is -2.58. The number of aliphatic imine (C=N–C) groups is 1. The number of fused-ring (bicyclic) bond motifs is 1. The number of nitrogens with zero attached hydrogens (tertiary/aromatic N) is 1. The molecule has 92 valence electrons. The number of alkyl halides is 1. The van der Waals surface area contributed by atoms with Crippen LogP contribution < -0.4 is 5.32 Å². The van der Waals surface area contributed by atoms with Gasteiger partial charge in [0.05, 0.1) is 18.8 Å².